The standard InChI is InChI=1S/C21H27N3O2/c1-13-5-8-15(9-6-13)24(12-18(22)23)19-16-11-14(2)7-10-17(16)26-21(3,4)20(19)25/h5-11,19-20,25H,12H2,1-4H3,(H3,22,23)/t19?,20-/m1/s1. The summed E-state index contributed by atoms with van der Waals surface area (Å²) in [5.74, 6) is 0.813. The van der Waals surface area contributed by atoms with E-state index in [-0.39, 0.29) is 18.4 Å². The van der Waals surface area contributed by atoms with Crippen LogP contribution < -0.4 is 15.4 Å². The van der Waals surface area contributed by atoms with Crippen molar-refractivity contribution in [2.45, 2.75) is 45.4 Å². The van der Waals surface area contributed by atoms with Crippen molar-refractivity contribution in [2.75, 3.05) is 11.4 Å². The van der Waals surface area contributed by atoms with Gasteiger partial charge in [-0.15, -0.1) is 0 Å². The van der Waals surface area contributed by atoms with Crippen LogP contribution in [0.25, 0.3) is 0 Å². The number of hydrogen-bond acceptors (Lipinski definition) is 4. The number of nitrogens with one attached hydrogen (secondary N) is 1. The van der Waals surface area contributed by atoms with E-state index in [2.05, 4.69) is 0 Å². The first-order valence-electron chi connectivity index (χ1n) is 8.83. The predicted molar refractivity (Wildman–Crippen MR) is 105 cm³/mol. The molecule has 0 aliphatic carbocycles. The Bertz CT molecular complexity index is 815. The second-order valence-corrected chi connectivity index (χ2v) is 7.63. The number of aryl methyl sites for hydroxylation is 2. The highest BCUT2D eigenvalue weighted by atomic mass is 16.5. The molecule has 1 unspecified atom stereocenters. The van der Waals surface area contributed by atoms with Gasteiger partial charge < -0.3 is 20.5 Å². The normalized spacial score (nSPS) is 20.8. The lowest BCUT2D eigenvalue weighted by molar-refractivity contribution is -0.0582. The Morgan fingerprint density at radius 1 is 1.15 bits per heavy atom. The fourth-order valence-corrected chi connectivity index (χ4v) is 3.49. The van der Waals surface area contributed by atoms with Crippen LogP contribution in [0.1, 0.15) is 36.6 Å². The first kappa shape index (κ1) is 18.3. The number of anilines is 1. The fourth-order valence-electron chi connectivity index (χ4n) is 3.49. The largest absolute Gasteiger partial charge is 0.485 e. The van der Waals surface area contributed by atoms with Crippen molar-refractivity contribution >= 4 is 11.5 Å². The van der Waals surface area contributed by atoms with Gasteiger partial charge in [0.1, 0.15) is 23.3 Å². The number of hydrogen-bond donors (Lipinski definition) is 3. The maximum atomic E-state index is 11.2. The lowest BCUT2D eigenvalue weighted by Gasteiger charge is -2.47. The molecule has 5 heteroatoms. The molecule has 3 rings (SSSR count). The van der Waals surface area contributed by atoms with Gasteiger partial charge >= 0.3 is 0 Å². The van der Waals surface area contributed by atoms with E-state index in [0.717, 1.165) is 28.1 Å². The van der Waals surface area contributed by atoms with Gasteiger partial charge in [0, 0.05) is 11.3 Å². The van der Waals surface area contributed by atoms with Gasteiger partial charge in [-0.3, -0.25) is 5.41 Å². The molecule has 26 heavy (non-hydrogen) atoms. The van der Waals surface area contributed by atoms with Gasteiger partial charge in [-0.2, -0.15) is 0 Å². The Kier molecular flexibility index (Phi) is 4.67. The predicted octanol–water partition coefficient (Wildman–Crippen LogP) is 3.32. The quantitative estimate of drug-likeness (QED) is 0.582. The molecule has 2 aromatic carbocycles. The summed E-state index contributed by atoms with van der Waals surface area (Å²) in [6.07, 6.45) is -0.780. The zero-order valence-corrected chi connectivity index (χ0v) is 15.8. The van der Waals surface area contributed by atoms with E-state index in [1.807, 2.05) is 75.1 Å². The lowest BCUT2D eigenvalue weighted by Crippen LogP contribution is -2.55. The van der Waals surface area contributed by atoms with Gasteiger partial charge in [-0.05, 0) is 45.9 Å². The minimum absolute atomic E-state index is 0.0521. The van der Waals surface area contributed by atoms with Crippen LogP contribution in [0.15, 0.2) is 42.5 Å². The summed E-state index contributed by atoms with van der Waals surface area (Å²) in [5.41, 5.74) is 9.08. The summed E-state index contributed by atoms with van der Waals surface area (Å²) in [7, 11) is 0. The van der Waals surface area contributed by atoms with Crippen LogP contribution in [-0.2, 0) is 0 Å². The van der Waals surface area contributed by atoms with E-state index in [4.69, 9.17) is 15.9 Å². The highest BCUT2D eigenvalue weighted by Gasteiger charge is 2.45. The van der Waals surface area contributed by atoms with Crippen LogP contribution in [0.2, 0.25) is 0 Å². The van der Waals surface area contributed by atoms with Crippen molar-refractivity contribution in [2.24, 2.45) is 5.73 Å². The molecular formula is C21H27N3O2. The topological polar surface area (TPSA) is 82.6 Å². The van der Waals surface area contributed by atoms with Crippen molar-refractivity contribution in [1.29, 1.82) is 5.41 Å². The van der Waals surface area contributed by atoms with Crippen LogP contribution >= 0.6 is 0 Å². The Morgan fingerprint density at radius 3 is 2.38 bits per heavy atom. The third kappa shape index (κ3) is 3.40. The summed E-state index contributed by atoms with van der Waals surface area (Å²) in [6, 6.07) is 13.7. The number of fused-ring (bicyclic) bond motifs is 1. The summed E-state index contributed by atoms with van der Waals surface area (Å²) in [5, 5.41) is 19.0. The van der Waals surface area contributed by atoms with Gasteiger partial charge in [0.05, 0.1) is 12.6 Å². The number of ether oxygens (including phenoxy) is 1. The molecule has 138 valence electrons. The molecular weight excluding hydrogens is 326 g/mol. The van der Waals surface area contributed by atoms with Crippen LogP contribution in [0.4, 0.5) is 5.69 Å². The molecule has 0 radical (unpaired) electrons. The molecule has 0 saturated carbocycles. The van der Waals surface area contributed by atoms with Gasteiger partial charge in [0.15, 0.2) is 0 Å². The second-order valence-electron chi connectivity index (χ2n) is 7.63. The molecule has 2 atom stereocenters. The van der Waals surface area contributed by atoms with Crippen molar-refractivity contribution in [3.8, 4) is 5.75 Å². The van der Waals surface area contributed by atoms with E-state index >= 15 is 0 Å². The van der Waals surface area contributed by atoms with Crippen molar-refractivity contribution in [3.63, 3.8) is 0 Å². The summed E-state index contributed by atoms with van der Waals surface area (Å²) < 4.78 is 6.07. The number of aliphatic hydroxyl groups is 1. The van der Waals surface area contributed by atoms with Gasteiger partial charge in [-0.25, -0.2) is 0 Å². The lowest BCUT2D eigenvalue weighted by atomic mass is 9.84. The number of aliphatic hydroxyl groups excluding tert-OH is 1. The van der Waals surface area contributed by atoms with Gasteiger partial charge in [0.2, 0.25) is 0 Å². The second kappa shape index (κ2) is 6.65. The number of amidine groups is 1. The van der Waals surface area contributed by atoms with E-state index in [0.29, 0.717) is 0 Å². The van der Waals surface area contributed by atoms with Crippen molar-refractivity contribution < 1.29 is 9.84 Å². The van der Waals surface area contributed by atoms with Crippen LogP contribution in [0.3, 0.4) is 0 Å². The third-order valence-corrected chi connectivity index (χ3v) is 4.91. The zero-order chi connectivity index (χ0) is 19.1. The molecule has 0 fully saturated rings. The summed E-state index contributed by atoms with van der Waals surface area (Å²) in [6.45, 7) is 8.05. The Balaban J connectivity index is 2.16. The van der Waals surface area contributed by atoms with Crippen LogP contribution in [-0.4, -0.2) is 29.2 Å². The highest BCUT2D eigenvalue weighted by molar-refractivity contribution is 5.82. The molecule has 2 aromatic rings. The van der Waals surface area contributed by atoms with Crippen molar-refractivity contribution in [1.82, 2.24) is 0 Å². The molecule has 1 heterocycles. The molecule has 0 spiro atoms. The minimum Gasteiger partial charge on any atom is -0.485 e. The number of nitrogens with two attached hydrogens (primary N) is 1. The van der Waals surface area contributed by atoms with Crippen molar-refractivity contribution in [3.05, 3.63) is 59.2 Å². The van der Waals surface area contributed by atoms with E-state index in [9.17, 15) is 5.11 Å². The molecule has 0 amide bonds. The monoisotopic (exact) mass is 353 g/mol. The molecule has 1 aliphatic heterocycles. The van der Waals surface area contributed by atoms with Gasteiger partial charge in [-0.1, -0.05) is 35.4 Å². The molecule has 4 N–H and O–H groups in total. The fraction of sp³-hybridized carbons (Fsp3) is 0.381. The number of rotatable bonds is 4. The maximum absolute atomic E-state index is 11.2. The molecule has 1 aliphatic rings. The number of benzene rings is 2. The Hall–Kier alpha value is -2.53. The first-order chi connectivity index (χ1) is 12.2. The number of nitrogens with zero attached hydrogens (tertiary/aromatic N) is 1. The smallest absolute Gasteiger partial charge is 0.132 e. The third-order valence-electron chi connectivity index (χ3n) is 4.91. The Morgan fingerprint density at radius 2 is 1.77 bits per heavy atom. The van der Waals surface area contributed by atoms with Crippen LogP contribution in [0.5, 0.6) is 5.75 Å². The highest BCUT2D eigenvalue weighted by Crippen LogP contribution is 2.44. The average molecular weight is 353 g/mol. The van der Waals surface area contributed by atoms with Crippen LogP contribution in [0, 0.1) is 19.3 Å². The average Bonchev–Trinajstić information content (AvgIpc) is 2.56. The zero-order valence-electron chi connectivity index (χ0n) is 15.8. The van der Waals surface area contributed by atoms with Gasteiger partial charge in [0.25, 0.3) is 0 Å². The molecule has 0 bridgehead atoms. The Labute approximate surface area is 154 Å². The SMILES string of the molecule is Cc1ccc(N(CC(=N)N)C2c3cc(C)ccc3OC(C)(C)[C@@H]2O)cc1. The van der Waals surface area contributed by atoms with E-state index < -0.39 is 11.7 Å². The minimum atomic E-state index is -0.780. The summed E-state index contributed by atoms with van der Waals surface area (Å²) >= 11 is 0. The molecule has 5 nitrogen and oxygen atoms in total. The maximum Gasteiger partial charge on any atom is 0.132 e. The molecule has 0 saturated heterocycles. The van der Waals surface area contributed by atoms with E-state index in [1.165, 1.54) is 0 Å². The molecule has 0 aromatic heterocycles. The first-order valence-corrected chi connectivity index (χ1v) is 8.83. The summed E-state index contributed by atoms with van der Waals surface area (Å²) in [4.78, 5) is 2.00. The van der Waals surface area contributed by atoms with E-state index in [1.54, 1.807) is 0 Å².